The molecule has 1 aliphatic carbocycles. The predicted octanol–water partition coefficient (Wildman–Crippen LogP) is 3.11. The number of nitrogens with zero attached hydrogens (tertiary/aromatic N) is 1. The van der Waals surface area contributed by atoms with Crippen LogP contribution in [-0.4, -0.2) is 51.3 Å². The Kier molecular flexibility index (Phi) is 6.78. The first-order valence-electron chi connectivity index (χ1n) is 10.7. The van der Waals surface area contributed by atoms with Gasteiger partial charge in [0.2, 0.25) is 10.0 Å². The van der Waals surface area contributed by atoms with Gasteiger partial charge in [-0.25, -0.2) is 26.3 Å². The second-order valence-corrected chi connectivity index (χ2v) is 10.4. The SMILES string of the molecule is CS(=O)(=O)NC(=O)c1cc(C2CC2)c(CN2CCO[C@H](Cc3ccc(F)cc3F)C2)cc1F. The lowest BCUT2D eigenvalue weighted by Gasteiger charge is -2.33. The van der Waals surface area contributed by atoms with E-state index in [4.69, 9.17) is 4.74 Å². The van der Waals surface area contributed by atoms with Crippen molar-refractivity contribution < 1.29 is 31.1 Å². The van der Waals surface area contributed by atoms with Gasteiger partial charge in [-0.3, -0.25) is 9.69 Å². The Hall–Kier alpha value is -2.43. The van der Waals surface area contributed by atoms with E-state index in [1.54, 1.807) is 0 Å². The minimum atomic E-state index is -3.81. The summed E-state index contributed by atoms with van der Waals surface area (Å²) in [5.74, 6) is -2.82. The first-order valence-corrected chi connectivity index (χ1v) is 12.6. The maximum Gasteiger partial charge on any atom is 0.267 e. The highest BCUT2D eigenvalue weighted by atomic mass is 32.2. The number of morpholine rings is 1. The Bertz CT molecular complexity index is 1170. The van der Waals surface area contributed by atoms with Gasteiger partial charge in [-0.05, 0) is 53.6 Å². The third kappa shape index (κ3) is 6.13. The molecule has 0 spiro atoms. The Labute approximate surface area is 190 Å². The molecule has 0 aromatic heterocycles. The van der Waals surface area contributed by atoms with Crippen molar-refractivity contribution in [2.75, 3.05) is 26.0 Å². The van der Waals surface area contributed by atoms with Gasteiger partial charge in [0.15, 0.2) is 0 Å². The van der Waals surface area contributed by atoms with Crippen molar-refractivity contribution in [3.8, 4) is 0 Å². The van der Waals surface area contributed by atoms with Crippen LogP contribution < -0.4 is 4.72 Å². The average Bonchev–Trinajstić information content (AvgIpc) is 3.54. The summed E-state index contributed by atoms with van der Waals surface area (Å²) < 4.78 is 72.3. The average molecular weight is 483 g/mol. The van der Waals surface area contributed by atoms with Crippen LogP contribution in [0.5, 0.6) is 0 Å². The van der Waals surface area contributed by atoms with Gasteiger partial charge in [0.1, 0.15) is 17.5 Å². The van der Waals surface area contributed by atoms with Gasteiger partial charge in [0.05, 0.1) is 24.5 Å². The van der Waals surface area contributed by atoms with Gasteiger partial charge >= 0.3 is 0 Å². The zero-order chi connectivity index (χ0) is 23.8. The van der Waals surface area contributed by atoms with E-state index in [1.165, 1.54) is 24.3 Å². The molecule has 2 aromatic rings. The molecular weight excluding hydrogens is 457 g/mol. The number of amides is 1. The molecule has 2 aliphatic rings. The molecule has 4 rings (SSSR count). The van der Waals surface area contributed by atoms with E-state index in [-0.39, 0.29) is 24.0 Å². The standard InChI is InChI=1S/C23H25F3N2O4S/c1-33(30,31)27-23(29)20-11-19(14-2-3-14)16(9-22(20)26)12-28-6-7-32-18(13-28)8-15-4-5-17(24)10-21(15)25/h4-5,9-11,14,18H,2-3,6-8,12-13H2,1H3,(H,27,29)/t18-/m1/s1. The molecule has 10 heteroatoms. The topological polar surface area (TPSA) is 75.7 Å². The van der Waals surface area contributed by atoms with Crippen LogP contribution in [0.2, 0.25) is 0 Å². The first kappa shape index (κ1) is 23.7. The highest BCUT2D eigenvalue weighted by Crippen LogP contribution is 2.42. The molecule has 33 heavy (non-hydrogen) atoms. The Morgan fingerprint density at radius 1 is 1.12 bits per heavy atom. The number of carbonyl (C=O) groups excluding carboxylic acids is 1. The lowest BCUT2D eigenvalue weighted by Crippen LogP contribution is -2.43. The second kappa shape index (κ2) is 9.44. The lowest BCUT2D eigenvalue weighted by molar-refractivity contribution is -0.0309. The van der Waals surface area contributed by atoms with Crippen molar-refractivity contribution in [3.63, 3.8) is 0 Å². The van der Waals surface area contributed by atoms with Gasteiger partial charge in [0.25, 0.3) is 5.91 Å². The Morgan fingerprint density at radius 2 is 1.88 bits per heavy atom. The van der Waals surface area contributed by atoms with Gasteiger partial charge < -0.3 is 4.74 Å². The zero-order valence-electron chi connectivity index (χ0n) is 18.1. The molecule has 2 fully saturated rings. The summed E-state index contributed by atoms with van der Waals surface area (Å²) in [6, 6.07) is 6.23. The van der Waals surface area contributed by atoms with E-state index in [2.05, 4.69) is 4.90 Å². The molecule has 1 atom stereocenters. The number of hydrogen-bond acceptors (Lipinski definition) is 5. The summed E-state index contributed by atoms with van der Waals surface area (Å²) >= 11 is 0. The highest BCUT2D eigenvalue weighted by Gasteiger charge is 2.30. The van der Waals surface area contributed by atoms with Crippen molar-refractivity contribution in [2.45, 2.75) is 37.8 Å². The molecule has 0 bridgehead atoms. The third-order valence-electron chi connectivity index (χ3n) is 5.85. The molecular formula is C23H25F3N2O4S. The number of sulfonamides is 1. The van der Waals surface area contributed by atoms with Crippen LogP contribution in [0.25, 0.3) is 0 Å². The van der Waals surface area contributed by atoms with Crippen molar-refractivity contribution in [2.24, 2.45) is 0 Å². The van der Waals surface area contributed by atoms with Crippen LogP contribution in [0.15, 0.2) is 30.3 Å². The van der Waals surface area contributed by atoms with Gasteiger partial charge in [-0.15, -0.1) is 0 Å². The normalized spacial score (nSPS) is 19.5. The molecule has 0 radical (unpaired) electrons. The van der Waals surface area contributed by atoms with Crippen LogP contribution in [-0.2, 0) is 27.7 Å². The fraction of sp³-hybridized carbons (Fsp3) is 0.435. The van der Waals surface area contributed by atoms with Crippen LogP contribution in [0, 0.1) is 17.5 Å². The number of hydrogen-bond donors (Lipinski definition) is 1. The molecule has 1 saturated carbocycles. The number of nitrogens with one attached hydrogen (secondary N) is 1. The van der Waals surface area contributed by atoms with E-state index < -0.39 is 33.4 Å². The fourth-order valence-corrected chi connectivity index (χ4v) is 4.61. The summed E-state index contributed by atoms with van der Waals surface area (Å²) in [7, 11) is -3.81. The summed E-state index contributed by atoms with van der Waals surface area (Å²) in [4.78, 5) is 14.3. The summed E-state index contributed by atoms with van der Waals surface area (Å²) in [5.41, 5.74) is 1.65. The van der Waals surface area contributed by atoms with Crippen molar-refractivity contribution in [1.82, 2.24) is 9.62 Å². The molecule has 178 valence electrons. The number of halogens is 3. The maximum atomic E-state index is 14.8. The van der Waals surface area contributed by atoms with Crippen LogP contribution in [0.4, 0.5) is 13.2 Å². The summed E-state index contributed by atoms with van der Waals surface area (Å²) in [6.45, 7) is 1.93. The monoisotopic (exact) mass is 482 g/mol. The van der Waals surface area contributed by atoms with Crippen molar-refractivity contribution >= 4 is 15.9 Å². The molecule has 1 saturated heterocycles. The highest BCUT2D eigenvalue weighted by molar-refractivity contribution is 7.89. The van der Waals surface area contributed by atoms with E-state index in [9.17, 15) is 26.4 Å². The van der Waals surface area contributed by atoms with Crippen LogP contribution in [0.3, 0.4) is 0 Å². The van der Waals surface area contributed by atoms with Crippen molar-refractivity contribution in [3.05, 3.63) is 70.0 Å². The number of ether oxygens (including phenoxy) is 1. The van der Waals surface area contributed by atoms with E-state index in [1.807, 2.05) is 4.72 Å². The minimum absolute atomic E-state index is 0.204. The van der Waals surface area contributed by atoms with Gasteiger partial charge in [0, 0.05) is 32.1 Å². The molecule has 1 heterocycles. The van der Waals surface area contributed by atoms with Crippen molar-refractivity contribution in [1.29, 1.82) is 0 Å². The molecule has 1 amide bonds. The maximum absolute atomic E-state index is 14.8. The van der Waals surface area contributed by atoms with Gasteiger partial charge in [-0.1, -0.05) is 6.07 Å². The zero-order valence-corrected chi connectivity index (χ0v) is 18.9. The molecule has 2 aromatic carbocycles. The second-order valence-electron chi connectivity index (χ2n) is 8.68. The van der Waals surface area contributed by atoms with E-state index in [0.29, 0.717) is 31.8 Å². The van der Waals surface area contributed by atoms with Crippen LogP contribution >= 0.6 is 0 Å². The molecule has 1 aliphatic heterocycles. The number of carbonyl (C=O) groups is 1. The quantitative estimate of drug-likeness (QED) is 0.657. The summed E-state index contributed by atoms with van der Waals surface area (Å²) in [5, 5.41) is 0. The fourth-order valence-electron chi connectivity index (χ4n) is 4.16. The molecule has 6 nitrogen and oxygen atoms in total. The molecule has 1 N–H and O–H groups in total. The minimum Gasteiger partial charge on any atom is -0.375 e. The first-order chi connectivity index (χ1) is 15.6. The smallest absolute Gasteiger partial charge is 0.267 e. The Morgan fingerprint density at radius 3 is 2.55 bits per heavy atom. The van der Waals surface area contributed by atoms with E-state index >= 15 is 0 Å². The number of benzene rings is 2. The van der Waals surface area contributed by atoms with E-state index in [0.717, 1.165) is 36.3 Å². The van der Waals surface area contributed by atoms with Crippen LogP contribution in [0.1, 0.15) is 45.8 Å². The Balaban J connectivity index is 1.49. The summed E-state index contributed by atoms with van der Waals surface area (Å²) in [6.07, 6.45) is 2.67. The lowest BCUT2D eigenvalue weighted by atomic mass is 9.98. The largest absolute Gasteiger partial charge is 0.375 e. The number of rotatable bonds is 7. The van der Waals surface area contributed by atoms with Gasteiger partial charge in [-0.2, -0.15) is 0 Å². The molecule has 0 unspecified atom stereocenters. The predicted molar refractivity (Wildman–Crippen MR) is 116 cm³/mol. The third-order valence-corrected chi connectivity index (χ3v) is 6.40.